The van der Waals surface area contributed by atoms with Gasteiger partial charge in [-0.1, -0.05) is 0 Å². The molecule has 94 valence electrons. The lowest BCUT2D eigenvalue weighted by molar-refractivity contribution is -0.165. The van der Waals surface area contributed by atoms with Gasteiger partial charge in [0.2, 0.25) is 0 Å². The molecule has 2 aliphatic rings. The minimum Gasteiger partial charge on any atom is -0.304 e. The van der Waals surface area contributed by atoms with E-state index in [2.05, 4.69) is 10.2 Å². The van der Waals surface area contributed by atoms with Gasteiger partial charge in [-0.15, -0.1) is 0 Å². The van der Waals surface area contributed by atoms with Crippen molar-refractivity contribution in [2.24, 2.45) is 0 Å². The Morgan fingerprint density at radius 1 is 1.12 bits per heavy atom. The van der Waals surface area contributed by atoms with E-state index >= 15 is 0 Å². The first-order valence-electron chi connectivity index (χ1n) is 6.08. The number of hydrogen-bond donors (Lipinski definition) is 1. The second-order valence-electron chi connectivity index (χ2n) is 4.91. The molecule has 0 radical (unpaired) electrons. The minimum absolute atomic E-state index is 0.250. The summed E-state index contributed by atoms with van der Waals surface area (Å²) >= 11 is 0. The SMILES string of the molecule is FC(F)(F)C1(NCCCN2CCCC2)CC1. The Bertz CT molecular complexity index is 230. The maximum absolute atomic E-state index is 12.6. The van der Waals surface area contributed by atoms with Crippen molar-refractivity contribution >= 4 is 0 Å². The van der Waals surface area contributed by atoms with Crippen LogP contribution in [-0.2, 0) is 0 Å². The molecule has 2 nitrogen and oxygen atoms in total. The van der Waals surface area contributed by atoms with Crippen LogP contribution in [0.15, 0.2) is 0 Å². The third-order valence-electron chi connectivity index (χ3n) is 3.61. The molecule has 5 heteroatoms. The molecular weight excluding hydrogens is 217 g/mol. The fourth-order valence-electron chi connectivity index (χ4n) is 2.32. The van der Waals surface area contributed by atoms with E-state index in [1.807, 2.05) is 0 Å². The third kappa shape index (κ3) is 2.69. The van der Waals surface area contributed by atoms with Crippen molar-refractivity contribution in [2.45, 2.75) is 43.8 Å². The van der Waals surface area contributed by atoms with Crippen LogP contribution in [0.4, 0.5) is 13.2 Å². The lowest BCUT2D eigenvalue weighted by atomic mass is 10.2. The van der Waals surface area contributed by atoms with Crippen molar-refractivity contribution in [3.63, 3.8) is 0 Å². The standard InChI is InChI=1S/C11H19F3N2/c12-11(13,14)10(4-5-10)15-6-3-9-16-7-1-2-8-16/h15H,1-9H2. The van der Waals surface area contributed by atoms with Crippen LogP contribution in [0.3, 0.4) is 0 Å². The van der Waals surface area contributed by atoms with Gasteiger partial charge in [0.25, 0.3) is 0 Å². The lowest BCUT2D eigenvalue weighted by Crippen LogP contribution is -2.45. The minimum atomic E-state index is -4.07. The Hall–Kier alpha value is -0.290. The number of likely N-dealkylation sites (tertiary alicyclic amines) is 1. The van der Waals surface area contributed by atoms with Crippen molar-refractivity contribution < 1.29 is 13.2 Å². The zero-order valence-corrected chi connectivity index (χ0v) is 9.45. The number of hydrogen-bond acceptors (Lipinski definition) is 2. The molecule has 16 heavy (non-hydrogen) atoms. The Kier molecular flexibility index (Phi) is 3.45. The van der Waals surface area contributed by atoms with Gasteiger partial charge in [-0.2, -0.15) is 13.2 Å². The van der Waals surface area contributed by atoms with Gasteiger partial charge in [0, 0.05) is 0 Å². The summed E-state index contributed by atoms with van der Waals surface area (Å²) < 4.78 is 37.7. The number of alkyl halides is 3. The van der Waals surface area contributed by atoms with E-state index in [4.69, 9.17) is 0 Å². The molecule has 0 aromatic rings. The average molecular weight is 236 g/mol. The van der Waals surface area contributed by atoms with E-state index in [0.29, 0.717) is 6.54 Å². The van der Waals surface area contributed by atoms with Gasteiger partial charge in [0.05, 0.1) is 0 Å². The second kappa shape index (κ2) is 4.53. The highest BCUT2D eigenvalue weighted by atomic mass is 19.4. The van der Waals surface area contributed by atoms with Gasteiger partial charge >= 0.3 is 6.18 Å². The summed E-state index contributed by atoms with van der Waals surface area (Å²) in [5, 5.41) is 2.68. The van der Waals surface area contributed by atoms with Crippen LogP contribution in [-0.4, -0.2) is 42.8 Å². The molecule has 1 heterocycles. The maximum Gasteiger partial charge on any atom is 0.406 e. The topological polar surface area (TPSA) is 15.3 Å². The first kappa shape index (κ1) is 12.2. The highest BCUT2D eigenvalue weighted by molar-refractivity contribution is 5.07. The maximum atomic E-state index is 12.6. The monoisotopic (exact) mass is 236 g/mol. The van der Waals surface area contributed by atoms with E-state index in [1.54, 1.807) is 0 Å². The molecule has 0 amide bonds. The molecule has 0 unspecified atom stereocenters. The summed E-state index contributed by atoms with van der Waals surface area (Å²) in [5.41, 5.74) is -1.53. The van der Waals surface area contributed by atoms with Crippen molar-refractivity contribution in [2.75, 3.05) is 26.2 Å². The molecule has 1 aliphatic carbocycles. The number of rotatable bonds is 5. The predicted molar refractivity (Wildman–Crippen MR) is 56.3 cm³/mol. The fraction of sp³-hybridized carbons (Fsp3) is 1.00. The van der Waals surface area contributed by atoms with Gasteiger partial charge in [-0.3, -0.25) is 0 Å². The van der Waals surface area contributed by atoms with Gasteiger partial charge in [-0.05, 0) is 58.3 Å². The summed E-state index contributed by atoms with van der Waals surface area (Å²) in [7, 11) is 0. The van der Waals surface area contributed by atoms with Gasteiger partial charge in [0.15, 0.2) is 0 Å². The molecule has 0 spiro atoms. The normalized spacial score (nSPS) is 24.9. The Labute approximate surface area is 94.2 Å². The summed E-state index contributed by atoms with van der Waals surface area (Å²) in [6, 6.07) is 0. The molecule has 0 aromatic carbocycles. The van der Waals surface area contributed by atoms with E-state index in [9.17, 15) is 13.2 Å². The first-order valence-corrected chi connectivity index (χ1v) is 6.08. The van der Waals surface area contributed by atoms with Crippen molar-refractivity contribution in [1.82, 2.24) is 10.2 Å². The van der Waals surface area contributed by atoms with Crippen molar-refractivity contribution in [1.29, 1.82) is 0 Å². The van der Waals surface area contributed by atoms with E-state index in [0.717, 1.165) is 26.1 Å². The summed E-state index contributed by atoms with van der Waals surface area (Å²) in [5.74, 6) is 0. The third-order valence-corrected chi connectivity index (χ3v) is 3.61. The predicted octanol–water partition coefficient (Wildman–Crippen LogP) is 2.16. The van der Waals surface area contributed by atoms with E-state index in [-0.39, 0.29) is 12.8 Å². The highest BCUT2D eigenvalue weighted by Crippen LogP contribution is 2.48. The van der Waals surface area contributed by atoms with Gasteiger partial charge in [-0.25, -0.2) is 0 Å². The van der Waals surface area contributed by atoms with Crippen LogP contribution in [0.25, 0.3) is 0 Å². The summed E-state index contributed by atoms with van der Waals surface area (Å²) in [6.07, 6.45) is -0.279. The van der Waals surface area contributed by atoms with Crippen LogP contribution in [0.5, 0.6) is 0 Å². The molecule has 1 aliphatic heterocycles. The molecule has 0 aromatic heterocycles. The highest BCUT2D eigenvalue weighted by Gasteiger charge is 2.62. The van der Waals surface area contributed by atoms with E-state index in [1.165, 1.54) is 12.8 Å². The Morgan fingerprint density at radius 3 is 2.25 bits per heavy atom. The second-order valence-corrected chi connectivity index (χ2v) is 4.91. The molecular formula is C11H19F3N2. The number of halogens is 3. The molecule has 2 fully saturated rings. The van der Waals surface area contributed by atoms with Gasteiger partial charge < -0.3 is 10.2 Å². The van der Waals surface area contributed by atoms with Crippen LogP contribution in [0, 0.1) is 0 Å². The van der Waals surface area contributed by atoms with Crippen molar-refractivity contribution in [3.05, 3.63) is 0 Å². The smallest absolute Gasteiger partial charge is 0.304 e. The molecule has 1 saturated carbocycles. The van der Waals surface area contributed by atoms with Gasteiger partial charge in [0.1, 0.15) is 5.54 Å². The lowest BCUT2D eigenvalue weighted by Gasteiger charge is -2.21. The van der Waals surface area contributed by atoms with Crippen LogP contribution < -0.4 is 5.32 Å². The molecule has 1 N–H and O–H groups in total. The zero-order valence-electron chi connectivity index (χ0n) is 9.45. The van der Waals surface area contributed by atoms with Crippen molar-refractivity contribution in [3.8, 4) is 0 Å². The number of nitrogens with one attached hydrogen (secondary N) is 1. The summed E-state index contributed by atoms with van der Waals surface area (Å²) in [6.45, 7) is 3.64. The molecule has 2 rings (SSSR count). The van der Waals surface area contributed by atoms with Crippen LogP contribution >= 0.6 is 0 Å². The Morgan fingerprint density at radius 2 is 1.75 bits per heavy atom. The molecule has 0 atom stereocenters. The summed E-state index contributed by atoms with van der Waals surface area (Å²) in [4.78, 5) is 2.33. The quantitative estimate of drug-likeness (QED) is 0.736. The average Bonchev–Trinajstić information content (AvgIpc) is 2.83. The van der Waals surface area contributed by atoms with Crippen LogP contribution in [0.1, 0.15) is 32.1 Å². The molecule has 1 saturated heterocycles. The van der Waals surface area contributed by atoms with Crippen LogP contribution in [0.2, 0.25) is 0 Å². The largest absolute Gasteiger partial charge is 0.406 e. The first-order chi connectivity index (χ1) is 7.54. The zero-order chi connectivity index (χ0) is 11.6. The van der Waals surface area contributed by atoms with E-state index < -0.39 is 11.7 Å². The fourth-order valence-corrected chi connectivity index (χ4v) is 2.32. The Balaban J connectivity index is 1.61. The number of nitrogens with zero attached hydrogens (tertiary/aromatic N) is 1. The molecule has 0 bridgehead atoms.